The summed E-state index contributed by atoms with van der Waals surface area (Å²) in [6.45, 7) is 2.59. The second-order valence-electron chi connectivity index (χ2n) is 5.35. The van der Waals surface area contributed by atoms with E-state index in [0.717, 1.165) is 17.7 Å². The van der Waals surface area contributed by atoms with Gasteiger partial charge in [-0.15, -0.1) is 11.8 Å². The Kier molecular flexibility index (Phi) is 5.67. The molecule has 0 N–H and O–H groups in total. The van der Waals surface area contributed by atoms with Crippen LogP contribution in [0.4, 0.5) is 0 Å². The molecule has 0 spiro atoms. The fraction of sp³-hybridized carbons (Fsp3) is 0.929. The first-order chi connectivity index (χ1) is 8.42. The number of thioether (sulfide) groups is 1. The normalized spacial score (nSPS) is 26.4. The van der Waals surface area contributed by atoms with Gasteiger partial charge in [0.25, 0.3) is 0 Å². The highest BCUT2D eigenvalue weighted by molar-refractivity contribution is 7.99. The molecule has 17 heavy (non-hydrogen) atoms. The van der Waals surface area contributed by atoms with Gasteiger partial charge < -0.3 is 4.90 Å². The molecule has 1 unspecified atom stereocenters. The fourth-order valence-corrected chi connectivity index (χ4v) is 4.06. The summed E-state index contributed by atoms with van der Waals surface area (Å²) >= 11 is 1.78. The minimum Gasteiger partial charge on any atom is -0.300 e. The van der Waals surface area contributed by atoms with Crippen molar-refractivity contribution in [3.05, 3.63) is 0 Å². The SMILES string of the molecule is N#CCSCCCN1CCCC1C1CCCC1. The Morgan fingerprint density at radius 3 is 2.76 bits per heavy atom. The first-order valence-electron chi connectivity index (χ1n) is 7.10. The zero-order valence-electron chi connectivity index (χ0n) is 10.7. The largest absolute Gasteiger partial charge is 0.300 e. The fourth-order valence-electron chi connectivity index (χ4n) is 3.49. The number of likely N-dealkylation sites (tertiary alicyclic amines) is 1. The Morgan fingerprint density at radius 1 is 1.18 bits per heavy atom. The molecule has 1 heterocycles. The maximum atomic E-state index is 8.48. The molecular formula is C14H24N2S. The molecule has 1 saturated heterocycles. The van der Waals surface area contributed by atoms with E-state index in [-0.39, 0.29) is 0 Å². The summed E-state index contributed by atoms with van der Waals surface area (Å²) in [5.41, 5.74) is 0. The van der Waals surface area contributed by atoms with Crippen LogP contribution in [-0.4, -0.2) is 35.5 Å². The minimum atomic E-state index is 0.659. The molecule has 2 fully saturated rings. The van der Waals surface area contributed by atoms with Gasteiger partial charge >= 0.3 is 0 Å². The molecule has 0 aromatic rings. The number of nitriles is 1. The molecule has 1 atom stereocenters. The van der Waals surface area contributed by atoms with Gasteiger partial charge in [-0.1, -0.05) is 12.8 Å². The van der Waals surface area contributed by atoms with E-state index in [1.807, 2.05) is 0 Å². The van der Waals surface area contributed by atoms with E-state index in [9.17, 15) is 0 Å². The van der Waals surface area contributed by atoms with Crippen LogP contribution in [0.1, 0.15) is 44.9 Å². The maximum absolute atomic E-state index is 8.48. The van der Waals surface area contributed by atoms with Gasteiger partial charge in [-0.3, -0.25) is 0 Å². The third-order valence-corrected chi connectivity index (χ3v) is 5.17. The van der Waals surface area contributed by atoms with E-state index in [2.05, 4.69) is 11.0 Å². The Hall–Kier alpha value is -0.200. The molecule has 1 saturated carbocycles. The molecule has 2 nitrogen and oxygen atoms in total. The minimum absolute atomic E-state index is 0.659. The van der Waals surface area contributed by atoms with Crippen molar-refractivity contribution in [3.63, 3.8) is 0 Å². The van der Waals surface area contributed by atoms with Gasteiger partial charge in [0.1, 0.15) is 0 Å². The third-order valence-electron chi connectivity index (χ3n) is 4.26. The summed E-state index contributed by atoms with van der Waals surface area (Å²) in [5.74, 6) is 2.82. The number of hydrogen-bond acceptors (Lipinski definition) is 3. The van der Waals surface area contributed by atoms with Crippen LogP contribution in [0.3, 0.4) is 0 Å². The smallest absolute Gasteiger partial charge is 0.0808 e. The van der Waals surface area contributed by atoms with Crippen LogP contribution >= 0.6 is 11.8 Å². The molecule has 2 aliphatic rings. The lowest BCUT2D eigenvalue weighted by Gasteiger charge is -2.29. The van der Waals surface area contributed by atoms with E-state index in [4.69, 9.17) is 5.26 Å². The number of rotatable bonds is 6. The Labute approximate surface area is 110 Å². The summed E-state index contributed by atoms with van der Waals surface area (Å²) in [6.07, 6.45) is 9.99. The number of hydrogen-bond donors (Lipinski definition) is 0. The van der Waals surface area contributed by atoms with Crippen molar-refractivity contribution in [2.75, 3.05) is 24.6 Å². The van der Waals surface area contributed by atoms with E-state index in [1.165, 1.54) is 58.0 Å². The van der Waals surface area contributed by atoms with Gasteiger partial charge in [0.15, 0.2) is 0 Å². The van der Waals surface area contributed by atoms with Crippen molar-refractivity contribution in [2.24, 2.45) is 5.92 Å². The van der Waals surface area contributed by atoms with Crippen LogP contribution in [-0.2, 0) is 0 Å². The maximum Gasteiger partial charge on any atom is 0.0808 e. The zero-order chi connectivity index (χ0) is 11.9. The number of nitrogens with zero attached hydrogens (tertiary/aromatic N) is 2. The molecule has 96 valence electrons. The molecule has 0 radical (unpaired) electrons. The van der Waals surface area contributed by atoms with Gasteiger partial charge in [0.2, 0.25) is 0 Å². The van der Waals surface area contributed by atoms with Gasteiger partial charge in [-0.05, 0) is 56.9 Å². The van der Waals surface area contributed by atoms with Crippen LogP contribution in [0, 0.1) is 17.2 Å². The summed E-state index contributed by atoms with van der Waals surface area (Å²) < 4.78 is 0. The van der Waals surface area contributed by atoms with E-state index in [0.29, 0.717) is 5.75 Å². The highest BCUT2D eigenvalue weighted by Crippen LogP contribution is 2.35. The topological polar surface area (TPSA) is 27.0 Å². The highest BCUT2D eigenvalue weighted by Gasteiger charge is 2.32. The van der Waals surface area contributed by atoms with E-state index >= 15 is 0 Å². The quantitative estimate of drug-likeness (QED) is 0.679. The Bertz CT molecular complexity index is 255. The van der Waals surface area contributed by atoms with Gasteiger partial charge in [0, 0.05) is 6.04 Å². The second kappa shape index (κ2) is 7.28. The Balaban J connectivity index is 1.66. The average Bonchev–Trinajstić information content (AvgIpc) is 2.98. The summed E-state index contributed by atoms with van der Waals surface area (Å²) in [4.78, 5) is 2.74. The van der Waals surface area contributed by atoms with Crippen molar-refractivity contribution in [2.45, 2.75) is 51.0 Å². The van der Waals surface area contributed by atoms with Crippen LogP contribution < -0.4 is 0 Å². The lowest BCUT2D eigenvalue weighted by molar-refractivity contribution is 0.191. The van der Waals surface area contributed by atoms with Crippen molar-refractivity contribution < 1.29 is 0 Å². The molecule has 0 aromatic carbocycles. The van der Waals surface area contributed by atoms with Crippen molar-refractivity contribution in [1.82, 2.24) is 4.90 Å². The molecule has 0 amide bonds. The first-order valence-corrected chi connectivity index (χ1v) is 8.26. The van der Waals surface area contributed by atoms with Crippen molar-refractivity contribution >= 4 is 11.8 Å². The summed E-state index contributed by atoms with van der Waals surface area (Å²) in [6, 6.07) is 3.10. The van der Waals surface area contributed by atoms with Gasteiger partial charge in [-0.2, -0.15) is 5.26 Å². The van der Waals surface area contributed by atoms with Crippen LogP contribution in [0.25, 0.3) is 0 Å². The third kappa shape index (κ3) is 3.89. The second-order valence-corrected chi connectivity index (χ2v) is 6.46. The van der Waals surface area contributed by atoms with E-state index < -0.39 is 0 Å². The first kappa shape index (κ1) is 13.2. The van der Waals surface area contributed by atoms with Gasteiger partial charge in [0.05, 0.1) is 11.8 Å². The van der Waals surface area contributed by atoms with E-state index in [1.54, 1.807) is 11.8 Å². The Morgan fingerprint density at radius 2 is 2.00 bits per heavy atom. The molecule has 3 heteroatoms. The molecule has 1 aliphatic heterocycles. The average molecular weight is 252 g/mol. The highest BCUT2D eigenvalue weighted by atomic mass is 32.2. The van der Waals surface area contributed by atoms with Crippen LogP contribution in [0.15, 0.2) is 0 Å². The van der Waals surface area contributed by atoms with Crippen LogP contribution in [0.5, 0.6) is 0 Å². The zero-order valence-corrected chi connectivity index (χ0v) is 11.6. The molecule has 1 aliphatic carbocycles. The summed E-state index contributed by atoms with van der Waals surface area (Å²) in [5, 5.41) is 8.48. The van der Waals surface area contributed by atoms with Gasteiger partial charge in [-0.25, -0.2) is 0 Å². The van der Waals surface area contributed by atoms with Crippen LogP contribution in [0.2, 0.25) is 0 Å². The standard InChI is InChI=1S/C14H24N2S/c15-8-12-17-11-4-10-16-9-3-7-14(16)13-5-1-2-6-13/h13-14H,1-7,9-12H2. The molecule has 2 rings (SSSR count). The predicted molar refractivity (Wildman–Crippen MR) is 74.1 cm³/mol. The molecule has 0 aromatic heterocycles. The molecule has 0 bridgehead atoms. The van der Waals surface area contributed by atoms with Crippen molar-refractivity contribution in [1.29, 1.82) is 5.26 Å². The molecular weight excluding hydrogens is 228 g/mol. The lowest BCUT2D eigenvalue weighted by atomic mass is 9.96. The summed E-state index contributed by atoms with van der Waals surface area (Å²) in [7, 11) is 0. The lowest BCUT2D eigenvalue weighted by Crippen LogP contribution is -2.35. The van der Waals surface area contributed by atoms with Crippen molar-refractivity contribution in [3.8, 4) is 6.07 Å². The predicted octanol–water partition coefficient (Wildman–Crippen LogP) is 3.29. The monoisotopic (exact) mass is 252 g/mol.